The van der Waals surface area contributed by atoms with Crippen molar-refractivity contribution in [2.45, 2.75) is 25.3 Å². The molecule has 1 aliphatic rings. The van der Waals surface area contributed by atoms with E-state index < -0.39 is 0 Å². The van der Waals surface area contributed by atoms with Crippen LogP contribution in [0.2, 0.25) is 0 Å². The maximum atomic E-state index is 6.24. The summed E-state index contributed by atoms with van der Waals surface area (Å²) in [5.41, 5.74) is 4.71. The predicted octanol–water partition coefficient (Wildman–Crippen LogP) is 6.49. The van der Waals surface area contributed by atoms with Crippen LogP contribution in [0.4, 0.5) is 0 Å². The van der Waals surface area contributed by atoms with Crippen LogP contribution in [0.25, 0.3) is 22.3 Å². The molecular weight excluding hydrogens is 370 g/mol. The van der Waals surface area contributed by atoms with Crippen molar-refractivity contribution < 1.29 is 9.15 Å². The van der Waals surface area contributed by atoms with Gasteiger partial charge in [-0.25, -0.2) is 0 Å². The molecule has 0 saturated carbocycles. The normalized spacial score (nSPS) is 15.5. The first kappa shape index (κ1) is 19.0. The summed E-state index contributed by atoms with van der Waals surface area (Å²) in [6, 6.07) is 27.6. The van der Waals surface area contributed by atoms with E-state index in [9.17, 15) is 0 Å². The lowest BCUT2D eigenvalue weighted by molar-refractivity contribution is 0.205. The summed E-state index contributed by atoms with van der Waals surface area (Å²) in [6.45, 7) is 3.18. The van der Waals surface area contributed by atoms with E-state index in [0.29, 0.717) is 5.92 Å². The van der Waals surface area contributed by atoms with Crippen LogP contribution in [0.15, 0.2) is 83.3 Å². The first-order chi connectivity index (χ1) is 14.8. The zero-order chi connectivity index (χ0) is 20.3. The number of piperidine rings is 1. The Morgan fingerprint density at radius 1 is 0.900 bits per heavy atom. The van der Waals surface area contributed by atoms with Crippen LogP contribution in [0.3, 0.4) is 0 Å². The van der Waals surface area contributed by atoms with Crippen LogP contribution < -0.4 is 4.74 Å². The third-order valence-electron chi connectivity index (χ3n) is 6.27. The molecule has 3 nitrogen and oxygen atoms in total. The number of ether oxygens (including phenoxy) is 1. The quantitative estimate of drug-likeness (QED) is 0.385. The monoisotopic (exact) mass is 397 g/mol. The molecule has 1 fully saturated rings. The van der Waals surface area contributed by atoms with Crippen molar-refractivity contribution in [1.82, 2.24) is 4.90 Å². The number of hydrogen-bond donors (Lipinski definition) is 0. The first-order valence-electron chi connectivity index (χ1n) is 10.7. The molecule has 0 aliphatic carbocycles. The molecule has 30 heavy (non-hydrogen) atoms. The van der Waals surface area contributed by atoms with Crippen molar-refractivity contribution in [3.63, 3.8) is 0 Å². The topological polar surface area (TPSA) is 25.6 Å². The molecular formula is C27H27NO2. The summed E-state index contributed by atoms with van der Waals surface area (Å²) in [6.07, 6.45) is 2.42. The lowest BCUT2D eigenvalue weighted by Crippen LogP contribution is -2.32. The second-order valence-corrected chi connectivity index (χ2v) is 8.11. The summed E-state index contributed by atoms with van der Waals surface area (Å²) >= 11 is 0. The van der Waals surface area contributed by atoms with E-state index >= 15 is 0 Å². The Bertz CT molecular complexity index is 1110. The fourth-order valence-corrected chi connectivity index (χ4v) is 4.59. The number of hydrogen-bond acceptors (Lipinski definition) is 3. The molecule has 2 heterocycles. The van der Waals surface area contributed by atoms with Crippen molar-refractivity contribution in [2.24, 2.45) is 0 Å². The predicted molar refractivity (Wildman–Crippen MR) is 122 cm³/mol. The SMILES string of the molecule is COc1ccc(CN2CCC(c3ccccc3)CC2)c2cc(-c3ccccc3)oc12. The highest BCUT2D eigenvalue weighted by atomic mass is 16.5. The highest BCUT2D eigenvalue weighted by Gasteiger charge is 2.22. The highest BCUT2D eigenvalue weighted by Crippen LogP contribution is 2.36. The summed E-state index contributed by atoms with van der Waals surface area (Å²) in [5.74, 6) is 2.36. The largest absolute Gasteiger partial charge is 0.493 e. The highest BCUT2D eigenvalue weighted by molar-refractivity contribution is 5.90. The Balaban J connectivity index is 1.38. The van der Waals surface area contributed by atoms with E-state index in [0.717, 1.165) is 47.7 Å². The number of benzene rings is 3. The molecule has 0 atom stereocenters. The van der Waals surface area contributed by atoms with Crippen LogP contribution >= 0.6 is 0 Å². The van der Waals surface area contributed by atoms with E-state index in [-0.39, 0.29) is 0 Å². The smallest absolute Gasteiger partial charge is 0.176 e. The number of fused-ring (bicyclic) bond motifs is 1. The molecule has 0 N–H and O–H groups in total. The van der Waals surface area contributed by atoms with Crippen LogP contribution in [0.5, 0.6) is 5.75 Å². The van der Waals surface area contributed by atoms with Gasteiger partial charge in [0.05, 0.1) is 7.11 Å². The molecule has 1 aliphatic heterocycles. The second-order valence-electron chi connectivity index (χ2n) is 8.11. The van der Waals surface area contributed by atoms with Gasteiger partial charge >= 0.3 is 0 Å². The van der Waals surface area contributed by atoms with Gasteiger partial charge in [-0.1, -0.05) is 66.7 Å². The van der Waals surface area contributed by atoms with Crippen molar-refractivity contribution in [1.29, 1.82) is 0 Å². The maximum absolute atomic E-state index is 6.24. The molecule has 0 amide bonds. The summed E-state index contributed by atoms with van der Waals surface area (Å²) in [7, 11) is 1.70. The van der Waals surface area contributed by atoms with Gasteiger partial charge in [0, 0.05) is 17.5 Å². The zero-order valence-electron chi connectivity index (χ0n) is 17.4. The Morgan fingerprint density at radius 2 is 1.60 bits per heavy atom. The van der Waals surface area contributed by atoms with Crippen LogP contribution in [-0.4, -0.2) is 25.1 Å². The number of nitrogens with zero attached hydrogens (tertiary/aromatic N) is 1. The average molecular weight is 398 g/mol. The lowest BCUT2D eigenvalue weighted by atomic mass is 9.89. The molecule has 1 saturated heterocycles. The molecule has 0 spiro atoms. The van der Waals surface area contributed by atoms with E-state index in [1.165, 1.54) is 24.0 Å². The molecule has 3 heteroatoms. The Labute approximate surface area is 177 Å². The third kappa shape index (κ3) is 3.73. The molecule has 0 radical (unpaired) electrons. The molecule has 152 valence electrons. The number of rotatable bonds is 5. The second kappa shape index (κ2) is 8.37. The number of likely N-dealkylation sites (tertiary alicyclic amines) is 1. The van der Waals surface area contributed by atoms with Gasteiger partial charge in [0.2, 0.25) is 0 Å². The van der Waals surface area contributed by atoms with Gasteiger partial charge in [0.15, 0.2) is 11.3 Å². The van der Waals surface area contributed by atoms with Crippen molar-refractivity contribution in [3.8, 4) is 17.1 Å². The first-order valence-corrected chi connectivity index (χ1v) is 10.7. The Morgan fingerprint density at radius 3 is 2.30 bits per heavy atom. The van der Waals surface area contributed by atoms with Gasteiger partial charge in [0.1, 0.15) is 5.76 Å². The van der Waals surface area contributed by atoms with Crippen LogP contribution in [0.1, 0.15) is 29.9 Å². The van der Waals surface area contributed by atoms with Gasteiger partial charge in [-0.15, -0.1) is 0 Å². The van der Waals surface area contributed by atoms with Crippen LogP contribution in [0, 0.1) is 0 Å². The maximum Gasteiger partial charge on any atom is 0.176 e. The molecule has 3 aromatic carbocycles. The van der Waals surface area contributed by atoms with E-state index in [2.05, 4.69) is 59.5 Å². The van der Waals surface area contributed by atoms with Gasteiger partial charge in [0.25, 0.3) is 0 Å². The van der Waals surface area contributed by atoms with Crippen molar-refractivity contribution >= 4 is 11.0 Å². The summed E-state index contributed by atoms with van der Waals surface area (Å²) < 4.78 is 11.8. The van der Waals surface area contributed by atoms with Gasteiger partial charge in [-0.05, 0) is 55.1 Å². The third-order valence-corrected chi connectivity index (χ3v) is 6.27. The molecule has 0 bridgehead atoms. The molecule has 4 aromatic rings. The minimum absolute atomic E-state index is 0.678. The Hall–Kier alpha value is -3.04. The Kier molecular flexibility index (Phi) is 5.29. The zero-order valence-corrected chi connectivity index (χ0v) is 17.4. The van der Waals surface area contributed by atoms with Gasteiger partial charge < -0.3 is 9.15 Å². The van der Waals surface area contributed by atoms with Crippen LogP contribution in [-0.2, 0) is 6.54 Å². The van der Waals surface area contributed by atoms with E-state index in [4.69, 9.17) is 9.15 Å². The summed E-state index contributed by atoms with van der Waals surface area (Å²) in [4.78, 5) is 2.57. The minimum Gasteiger partial charge on any atom is -0.493 e. The minimum atomic E-state index is 0.678. The fraction of sp³-hybridized carbons (Fsp3) is 0.259. The lowest BCUT2D eigenvalue weighted by Gasteiger charge is -2.32. The van der Waals surface area contributed by atoms with Crippen molar-refractivity contribution in [2.75, 3.05) is 20.2 Å². The van der Waals surface area contributed by atoms with Gasteiger partial charge in [-0.3, -0.25) is 4.90 Å². The van der Waals surface area contributed by atoms with E-state index in [1.807, 2.05) is 24.3 Å². The molecule has 0 unspecified atom stereocenters. The number of furan rings is 1. The summed E-state index contributed by atoms with van der Waals surface area (Å²) in [5, 5.41) is 1.15. The van der Waals surface area contributed by atoms with Gasteiger partial charge in [-0.2, -0.15) is 0 Å². The standard InChI is InChI=1S/C27H27NO2/c1-29-25-13-12-23(24-18-26(30-27(24)25)22-10-6-3-7-11-22)19-28-16-14-21(15-17-28)20-8-4-2-5-9-20/h2-13,18,21H,14-17,19H2,1H3. The molecule has 1 aromatic heterocycles. The average Bonchev–Trinajstić information content (AvgIpc) is 3.27. The molecule has 5 rings (SSSR count). The fourth-order valence-electron chi connectivity index (χ4n) is 4.59. The number of methoxy groups -OCH3 is 1. The van der Waals surface area contributed by atoms with E-state index in [1.54, 1.807) is 7.11 Å². The van der Waals surface area contributed by atoms with Crippen molar-refractivity contribution in [3.05, 3.63) is 90.0 Å².